The van der Waals surface area contributed by atoms with E-state index in [2.05, 4.69) is 54.3 Å². The van der Waals surface area contributed by atoms with E-state index >= 15 is 0 Å². The molecule has 0 radical (unpaired) electrons. The first-order valence-corrected chi connectivity index (χ1v) is 11.0. The number of amides is 1. The van der Waals surface area contributed by atoms with Gasteiger partial charge in [-0.15, -0.1) is 11.3 Å². The third-order valence-electron chi connectivity index (χ3n) is 5.53. The predicted octanol–water partition coefficient (Wildman–Crippen LogP) is 4.15. The quantitative estimate of drug-likeness (QED) is 0.701. The number of carbonyl (C=O) groups excluding carboxylic acids is 1. The van der Waals surface area contributed by atoms with Gasteiger partial charge in [0, 0.05) is 24.4 Å². The van der Waals surface area contributed by atoms with E-state index in [1.807, 2.05) is 30.5 Å². The number of nitrogens with one attached hydrogen (secondary N) is 1. The summed E-state index contributed by atoms with van der Waals surface area (Å²) in [5.74, 6) is 1.27. The van der Waals surface area contributed by atoms with Crippen molar-refractivity contribution in [3.05, 3.63) is 41.0 Å². The minimum absolute atomic E-state index is 0.0203. The second-order valence-electron chi connectivity index (χ2n) is 8.91. The molecule has 0 aliphatic carbocycles. The van der Waals surface area contributed by atoms with Crippen molar-refractivity contribution in [3.63, 3.8) is 0 Å². The Morgan fingerprint density at radius 3 is 2.62 bits per heavy atom. The number of carbonyl (C=O) groups is 1. The first-order chi connectivity index (χ1) is 13.8. The van der Waals surface area contributed by atoms with Crippen LogP contribution in [0.4, 0.5) is 5.82 Å². The Hall–Kier alpha value is -2.25. The molecule has 2 aromatic heterocycles. The lowest BCUT2D eigenvalue weighted by atomic mass is 9.92. The smallest absolute Gasteiger partial charge is 0.239 e. The molecule has 1 aliphatic heterocycles. The Kier molecular flexibility index (Phi) is 5.44. The molecule has 29 heavy (non-hydrogen) atoms. The van der Waals surface area contributed by atoms with E-state index in [1.165, 1.54) is 9.71 Å². The third kappa shape index (κ3) is 4.51. The highest BCUT2D eigenvalue weighted by atomic mass is 32.1. The highest BCUT2D eigenvalue weighted by Crippen LogP contribution is 2.33. The average molecular weight is 412 g/mol. The lowest BCUT2D eigenvalue weighted by Crippen LogP contribution is -2.38. The molecule has 1 saturated heterocycles. The Bertz CT molecular complexity index is 975. The van der Waals surface area contributed by atoms with Crippen LogP contribution in [0.1, 0.15) is 50.2 Å². The maximum absolute atomic E-state index is 12.6. The molecule has 1 aliphatic rings. The van der Waals surface area contributed by atoms with Gasteiger partial charge in [-0.25, -0.2) is 4.98 Å². The zero-order valence-electron chi connectivity index (χ0n) is 17.6. The Labute approximate surface area is 175 Å². The summed E-state index contributed by atoms with van der Waals surface area (Å²) in [6.45, 7) is 8.63. The number of fused-ring (bicyclic) bond motifs is 1. The molecule has 7 heteroatoms. The number of piperidine rings is 1. The number of thiazole rings is 1. The van der Waals surface area contributed by atoms with Crippen molar-refractivity contribution >= 4 is 33.3 Å². The fourth-order valence-electron chi connectivity index (χ4n) is 3.74. The molecule has 0 spiro atoms. The standard InChI is InChI=1S/C22H29N5OS/c1-22(2,3)18-13-19(26(4)25-18)24-20(28)14-27-11-9-15(10-12-27)21-23-16-7-5-6-8-17(16)29-21/h5-8,13,15H,9-12,14H2,1-4H3,(H,24,28). The number of aryl methyl sites for hydroxylation is 1. The number of hydrogen-bond acceptors (Lipinski definition) is 5. The lowest BCUT2D eigenvalue weighted by Gasteiger charge is -2.30. The van der Waals surface area contributed by atoms with Gasteiger partial charge in [-0.3, -0.25) is 14.4 Å². The zero-order valence-corrected chi connectivity index (χ0v) is 18.4. The number of hydrogen-bond donors (Lipinski definition) is 1. The van der Waals surface area contributed by atoms with Gasteiger partial charge < -0.3 is 5.32 Å². The van der Waals surface area contributed by atoms with Gasteiger partial charge >= 0.3 is 0 Å². The predicted molar refractivity (Wildman–Crippen MR) is 119 cm³/mol. The van der Waals surface area contributed by atoms with Crippen LogP contribution in [0, 0.1) is 0 Å². The van der Waals surface area contributed by atoms with Crippen molar-refractivity contribution in [2.45, 2.75) is 44.9 Å². The van der Waals surface area contributed by atoms with Gasteiger partial charge in [0.05, 0.1) is 27.5 Å². The molecule has 0 bridgehead atoms. The first-order valence-electron chi connectivity index (χ1n) is 10.2. The van der Waals surface area contributed by atoms with Crippen LogP contribution in [-0.4, -0.2) is 45.2 Å². The summed E-state index contributed by atoms with van der Waals surface area (Å²) in [5.41, 5.74) is 2.04. The summed E-state index contributed by atoms with van der Waals surface area (Å²) in [5, 5.41) is 8.78. The van der Waals surface area contributed by atoms with Crippen LogP contribution in [0.25, 0.3) is 10.2 Å². The molecule has 1 fully saturated rings. The van der Waals surface area contributed by atoms with Gasteiger partial charge in [-0.05, 0) is 38.1 Å². The van der Waals surface area contributed by atoms with E-state index < -0.39 is 0 Å². The number of aromatic nitrogens is 3. The van der Waals surface area contributed by atoms with Gasteiger partial charge in [0.25, 0.3) is 0 Å². The van der Waals surface area contributed by atoms with E-state index in [0.717, 1.165) is 43.0 Å². The second-order valence-corrected chi connectivity index (χ2v) is 9.97. The van der Waals surface area contributed by atoms with Crippen molar-refractivity contribution in [1.29, 1.82) is 0 Å². The summed E-state index contributed by atoms with van der Waals surface area (Å²) < 4.78 is 3.01. The summed E-state index contributed by atoms with van der Waals surface area (Å²) in [4.78, 5) is 19.6. The average Bonchev–Trinajstić information content (AvgIpc) is 3.26. The van der Waals surface area contributed by atoms with Crippen LogP contribution < -0.4 is 5.32 Å². The van der Waals surface area contributed by atoms with Gasteiger partial charge in [0.1, 0.15) is 5.82 Å². The van der Waals surface area contributed by atoms with Crippen LogP contribution in [-0.2, 0) is 17.3 Å². The van der Waals surface area contributed by atoms with Gasteiger partial charge in [-0.1, -0.05) is 32.9 Å². The van der Waals surface area contributed by atoms with Crippen LogP contribution >= 0.6 is 11.3 Å². The number of para-hydroxylation sites is 1. The minimum atomic E-state index is -0.0384. The monoisotopic (exact) mass is 411 g/mol. The molecule has 3 aromatic rings. The number of anilines is 1. The van der Waals surface area contributed by atoms with Gasteiger partial charge in [0.2, 0.25) is 5.91 Å². The highest BCUT2D eigenvalue weighted by molar-refractivity contribution is 7.18. The van der Waals surface area contributed by atoms with Gasteiger partial charge in [0.15, 0.2) is 0 Å². The van der Waals surface area contributed by atoms with Crippen molar-refractivity contribution in [2.75, 3.05) is 25.0 Å². The van der Waals surface area contributed by atoms with E-state index in [1.54, 1.807) is 4.68 Å². The van der Waals surface area contributed by atoms with E-state index in [4.69, 9.17) is 4.98 Å². The molecule has 1 N–H and O–H groups in total. The molecule has 1 aromatic carbocycles. The molecular weight excluding hydrogens is 382 g/mol. The van der Waals surface area contributed by atoms with E-state index in [9.17, 15) is 4.79 Å². The fourth-order valence-corrected chi connectivity index (χ4v) is 4.88. The molecule has 154 valence electrons. The van der Waals surface area contributed by atoms with Crippen LogP contribution in [0.5, 0.6) is 0 Å². The number of rotatable bonds is 4. The van der Waals surface area contributed by atoms with Gasteiger partial charge in [-0.2, -0.15) is 5.10 Å². The molecule has 0 unspecified atom stereocenters. The summed E-state index contributed by atoms with van der Waals surface area (Å²) in [6, 6.07) is 10.3. The minimum Gasteiger partial charge on any atom is -0.310 e. The Morgan fingerprint density at radius 2 is 1.97 bits per heavy atom. The van der Waals surface area contributed by atoms with Crippen LogP contribution in [0.3, 0.4) is 0 Å². The maximum atomic E-state index is 12.6. The summed E-state index contributed by atoms with van der Waals surface area (Å²) in [7, 11) is 1.87. The highest BCUT2D eigenvalue weighted by Gasteiger charge is 2.25. The molecule has 6 nitrogen and oxygen atoms in total. The summed E-state index contributed by atoms with van der Waals surface area (Å²) in [6.07, 6.45) is 2.10. The van der Waals surface area contributed by atoms with E-state index in [-0.39, 0.29) is 11.3 Å². The molecule has 1 amide bonds. The molecule has 3 heterocycles. The fraction of sp³-hybridized carbons (Fsp3) is 0.500. The topological polar surface area (TPSA) is 63.1 Å². The SMILES string of the molecule is Cn1nc(C(C)(C)C)cc1NC(=O)CN1CCC(c2nc3ccccc3s2)CC1. The van der Waals surface area contributed by atoms with Crippen LogP contribution in [0.2, 0.25) is 0 Å². The third-order valence-corrected chi connectivity index (χ3v) is 6.73. The second kappa shape index (κ2) is 7.88. The normalized spacial score (nSPS) is 16.4. The number of likely N-dealkylation sites (tertiary alicyclic amines) is 1. The molecular formula is C22H29N5OS. The zero-order chi connectivity index (χ0) is 20.6. The molecule has 0 saturated carbocycles. The number of nitrogens with zero attached hydrogens (tertiary/aromatic N) is 4. The Morgan fingerprint density at radius 1 is 1.24 bits per heavy atom. The van der Waals surface area contributed by atoms with Crippen LogP contribution in [0.15, 0.2) is 30.3 Å². The first kappa shape index (κ1) is 20.0. The number of benzene rings is 1. The molecule has 4 rings (SSSR count). The van der Waals surface area contributed by atoms with Crippen molar-refractivity contribution in [3.8, 4) is 0 Å². The van der Waals surface area contributed by atoms with Crippen molar-refractivity contribution in [2.24, 2.45) is 7.05 Å². The van der Waals surface area contributed by atoms with E-state index in [0.29, 0.717) is 12.5 Å². The largest absolute Gasteiger partial charge is 0.310 e. The van der Waals surface area contributed by atoms with Crippen molar-refractivity contribution < 1.29 is 4.79 Å². The molecule has 0 atom stereocenters. The Balaban J connectivity index is 1.31. The lowest BCUT2D eigenvalue weighted by molar-refractivity contribution is -0.117. The summed E-state index contributed by atoms with van der Waals surface area (Å²) >= 11 is 1.81. The maximum Gasteiger partial charge on any atom is 0.239 e. The van der Waals surface area contributed by atoms with Crippen molar-refractivity contribution in [1.82, 2.24) is 19.7 Å².